The van der Waals surface area contributed by atoms with E-state index in [2.05, 4.69) is 21.2 Å². The number of aliphatic hydroxyl groups is 1. The van der Waals surface area contributed by atoms with Crippen LogP contribution < -0.4 is 5.32 Å². The molecule has 1 aromatic rings. The zero-order valence-electron chi connectivity index (χ0n) is 6.92. The summed E-state index contributed by atoms with van der Waals surface area (Å²) >= 11 is 3.34. The third kappa shape index (κ3) is 2.59. The van der Waals surface area contributed by atoms with Crippen LogP contribution in [0.1, 0.15) is 11.7 Å². The second-order valence-corrected chi connectivity index (χ2v) is 3.54. The highest BCUT2D eigenvalue weighted by Gasteiger charge is 2.04. The van der Waals surface area contributed by atoms with Gasteiger partial charge in [0.15, 0.2) is 0 Å². The maximum Gasteiger partial charge on any atom is 0.0914 e. The monoisotopic (exact) mass is 229 g/mol. The molecule has 2 N–H and O–H groups in total. The van der Waals surface area contributed by atoms with E-state index < -0.39 is 6.10 Å². The zero-order chi connectivity index (χ0) is 8.97. The topological polar surface area (TPSA) is 32.3 Å². The van der Waals surface area contributed by atoms with E-state index in [1.54, 1.807) is 0 Å². The summed E-state index contributed by atoms with van der Waals surface area (Å²) in [5.74, 6) is 0. The number of likely N-dealkylation sites (N-methyl/N-ethyl adjacent to an activating group) is 1. The first-order chi connectivity index (χ1) is 5.74. The van der Waals surface area contributed by atoms with Gasteiger partial charge in [-0.05, 0) is 24.7 Å². The SMILES string of the molecule is CNC[C@H](O)c1ccc(Br)cc1. The van der Waals surface area contributed by atoms with Gasteiger partial charge in [0.05, 0.1) is 6.10 Å². The van der Waals surface area contributed by atoms with Crippen LogP contribution in [0.3, 0.4) is 0 Å². The standard InChI is InChI=1S/C9H12BrNO/c1-11-6-9(12)7-2-4-8(10)5-3-7/h2-5,9,11-12H,6H2,1H3/t9-/m0/s1. The molecular formula is C9H12BrNO. The van der Waals surface area contributed by atoms with Crippen molar-refractivity contribution in [3.05, 3.63) is 34.3 Å². The van der Waals surface area contributed by atoms with Crippen molar-refractivity contribution in [3.8, 4) is 0 Å². The quantitative estimate of drug-likeness (QED) is 0.828. The molecule has 0 spiro atoms. The summed E-state index contributed by atoms with van der Waals surface area (Å²) in [4.78, 5) is 0. The van der Waals surface area contributed by atoms with Gasteiger partial charge in [-0.15, -0.1) is 0 Å². The Bertz CT molecular complexity index is 235. The van der Waals surface area contributed by atoms with E-state index in [-0.39, 0.29) is 0 Å². The average molecular weight is 230 g/mol. The second-order valence-electron chi connectivity index (χ2n) is 2.63. The molecule has 3 heteroatoms. The molecule has 0 saturated heterocycles. The molecule has 0 aromatic heterocycles. The molecule has 66 valence electrons. The Hall–Kier alpha value is -0.380. The third-order valence-electron chi connectivity index (χ3n) is 1.65. The van der Waals surface area contributed by atoms with Crippen molar-refractivity contribution >= 4 is 15.9 Å². The van der Waals surface area contributed by atoms with Gasteiger partial charge in [-0.2, -0.15) is 0 Å². The molecular weight excluding hydrogens is 218 g/mol. The molecule has 0 radical (unpaired) electrons. The number of nitrogens with one attached hydrogen (secondary N) is 1. The first-order valence-electron chi connectivity index (χ1n) is 3.82. The van der Waals surface area contributed by atoms with Crippen molar-refractivity contribution < 1.29 is 5.11 Å². The Balaban J connectivity index is 2.68. The molecule has 2 nitrogen and oxygen atoms in total. The zero-order valence-corrected chi connectivity index (χ0v) is 8.51. The lowest BCUT2D eigenvalue weighted by Crippen LogP contribution is -2.16. The molecule has 0 saturated carbocycles. The highest BCUT2D eigenvalue weighted by Crippen LogP contribution is 2.15. The van der Waals surface area contributed by atoms with Gasteiger partial charge in [-0.3, -0.25) is 0 Å². The van der Waals surface area contributed by atoms with E-state index >= 15 is 0 Å². The Labute approximate surface area is 80.7 Å². The van der Waals surface area contributed by atoms with Gasteiger partial charge in [0, 0.05) is 11.0 Å². The second kappa shape index (κ2) is 4.60. The van der Waals surface area contributed by atoms with Crippen molar-refractivity contribution in [3.63, 3.8) is 0 Å². The fraction of sp³-hybridized carbons (Fsp3) is 0.333. The minimum Gasteiger partial charge on any atom is -0.387 e. The summed E-state index contributed by atoms with van der Waals surface area (Å²) in [6.45, 7) is 0.585. The molecule has 1 rings (SSSR count). The van der Waals surface area contributed by atoms with Crippen LogP contribution in [0.2, 0.25) is 0 Å². The lowest BCUT2D eigenvalue weighted by atomic mass is 10.1. The molecule has 0 amide bonds. The number of halogens is 1. The maximum absolute atomic E-state index is 9.53. The van der Waals surface area contributed by atoms with Crippen LogP contribution >= 0.6 is 15.9 Å². The summed E-state index contributed by atoms with van der Waals surface area (Å²) in [7, 11) is 1.82. The fourth-order valence-corrected chi connectivity index (χ4v) is 1.26. The molecule has 1 aromatic carbocycles. The molecule has 0 unspecified atom stereocenters. The Morgan fingerprint density at radius 3 is 2.50 bits per heavy atom. The average Bonchev–Trinajstić information content (AvgIpc) is 2.06. The first kappa shape index (κ1) is 9.71. The van der Waals surface area contributed by atoms with Gasteiger partial charge < -0.3 is 10.4 Å². The minimum absolute atomic E-state index is 0.414. The molecule has 0 aliphatic heterocycles. The minimum atomic E-state index is -0.414. The number of rotatable bonds is 3. The van der Waals surface area contributed by atoms with Gasteiger partial charge in [-0.25, -0.2) is 0 Å². The molecule has 0 bridgehead atoms. The Morgan fingerprint density at radius 2 is 2.00 bits per heavy atom. The maximum atomic E-state index is 9.53. The fourth-order valence-electron chi connectivity index (χ4n) is 0.996. The van der Waals surface area contributed by atoms with Crippen LogP contribution in [0, 0.1) is 0 Å². The van der Waals surface area contributed by atoms with E-state index in [0.717, 1.165) is 10.0 Å². The number of hydrogen-bond acceptors (Lipinski definition) is 2. The van der Waals surface area contributed by atoms with E-state index in [1.807, 2.05) is 31.3 Å². The Kier molecular flexibility index (Phi) is 3.72. The normalized spacial score (nSPS) is 12.9. The summed E-state index contributed by atoms with van der Waals surface area (Å²) < 4.78 is 1.03. The van der Waals surface area contributed by atoms with Crippen LogP contribution in [0.5, 0.6) is 0 Å². The number of aliphatic hydroxyl groups excluding tert-OH is 1. The van der Waals surface area contributed by atoms with Crippen LogP contribution in [-0.2, 0) is 0 Å². The lowest BCUT2D eigenvalue weighted by Gasteiger charge is -2.09. The molecule has 0 fully saturated rings. The molecule has 0 aliphatic rings. The van der Waals surface area contributed by atoms with Gasteiger partial charge in [0.1, 0.15) is 0 Å². The van der Waals surface area contributed by atoms with Crippen molar-refractivity contribution in [2.75, 3.05) is 13.6 Å². The van der Waals surface area contributed by atoms with E-state index in [9.17, 15) is 5.11 Å². The van der Waals surface area contributed by atoms with Gasteiger partial charge in [0.2, 0.25) is 0 Å². The molecule has 12 heavy (non-hydrogen) atoms. The van der Waals surface area contributed by atoms with E-state index in [1.165, 1.54) is 0 Å². The van der Waals surface area contributed by atoms with Crippen molar-refractivity contribution in [2.45, 2.75) is 6.10 Å². The van der Waals surface area contributed by atoms with E-state index in [4.69, 9.17) is 0 Å². The first-order valence-corrected chi connectivity index (χ1v) is 4.61. The molecule has 0 aliphatic carbocycles. The number of hydrogen-bond donors (Lipinski definition) is 2. The highest BCUT2D eigenvalue weighted by molar-refractivity contribution is 9.10. The van der Waals surface area contributed by atoms with Gasteiger partial charge in [-0.1, -0.05) is 28.1 Å². The van der Waals surface area contributed by atoms with E-state index in [0.29, 0.717) is 6.54 Å². The predicted octanol–water partition coefficient (Wildman–Crippen LogP) is 1.70. The summed E-state index contributed by atoms with van der Waals surface area (Å²) in [5, 5.41) is 12.5. The van der Waals surface area contributed by atoms with Gasteiger partial charge >= 0.3 is 0 Å². The summed E-state index contributed by atoms with van der Waals surface area (Å²) in [6.07, 6.45) is -0.414. The van der Waals surface area contributed by atoms with Crippen LogP contribution in [0.25, 0.3) is 0 Å². The summed E-state index contributed by atoms with van der Waals surface area (Å²) in [5.41, 5.74) is 0.938. The van der Waals surface area contributed by atoms with Crippen molar-refractivity contribution in [1.29, 1.82) is 0 Å². The third-order valence-corrected chi connectivity index (χ3v) is 2.18. The summed E-state index contributed by atoms with van der Waals surface area (Å²) in [6, 6.07) is 7.67. The Morgan fingerprint density at radius 1 is 1.42 bits per heavy atom. The van der Waals surface area contributed by atoms with Crippen LogP contribution in [0.15, 0.2) is 28.7 Å². The highest BCUT2D eigenvalue weighted by atomic mass is 79.9. The van der Waals surface area contributed by atoms with Crippen molar-refractivity contribution in [1.82, 2.24) is 5.32 Å². The van der Waals surface area contributed by atoms with Crippen LogP contribution in [-0.4, -0.2) is 18.7 Å². The smallest absolute Gasteiger partial charge is 0.0914 e. The van der Waals surface area contributed by atoms with Crippen molar-refractivity contribution in [2.24, 2.45) is 0 Å². The molecule has 0 heterocycles. The molecule has 1 atom stereocenters. The lowest BCUT2D eigenvalue weighted by molar-refractivity contribution is 0.178. The predicted molar refractivity (Wildman–Crippen MR) is 53.0 cm³/mol. The largest absolute Gasteiger partial charge is 0.387 e. The number of benzene rings is 1. The van der Waals surface area contributed by atoms with Crippen LogP contribution in [0.4, 0.5) is 0 Å². The van der Waals surface area contributed by atoms with Gasteiger partial charge in [0.25, 0.3) is 0 Å².